The predicted octanol–water partition coefficient (Wildman–Crippen LogP) is 4.87. The quantitative estimate of drug-likeness (QED) is 0.496. The van der Waals surface area contributed by atoms with Gasteiger partial charge in [0.15, 0.2) is 11.5 Å². The highest BCUT2D eigenvalue weighted by atomic mass is 35.5. The van der Waals surface area contributed by atoms with Crippen LogP contribution in [0.2, 0.25) is 5.02 Å². The van der Waals surface area contributed by atoms with Gasteiger partial charge in [-0.05, 0) is 41.8 Å². The Labute approximate surface area is 190 Å². The number of fused-ring (bicyclic) bond motifs is 1. The fraction of sp³-hybridized carbons (Fsp3) is 0.304. The van der Waals surface area contributed by atoms with Gasteiger partial charge in [-0.3, -0.25) is 9.69 Å². The molecule has 1 aromatic heterocycles. The highest BCUT2D eigenvalue weighted by Crippen LogP contribution is 2.33. The van der Waals surface area contributed by atoms with Crippen molar-refractivity contribution in [1.82, 2.24) is 15.2 Å². The van der Waals surface area contributed by atoms with Crippen molar-refractivity contribution in [3.8, 4) is 11.5 Å². The second kappa shape index (κ2) is 10.1. The first kappa shape index (κ1) is 21.6. The number of carbonyl (C=O) groups excluding carboxylic acids is 1. The lowest BCUT2D eigenvalue weighted by atomic mass is 10.1. The van der Waals surface area contributed by atoms with Gasteiger partial charge in [0.25, 0.3) is 5.91 Å². The van der Waals surface area contributed by atoms with E-state index >= 15 is 0 Å². The van der Waals surface area contributed by atoms with Crippen LogP contribution in [-0.4, -0.2) is 29.1 Å². The van der Waals surface area contributed by atoms with Gasteiger partial charge in [0.05, 0.1) is 6.54 Å². The summed E-state index contributed by atoms with van der Waals surface area (Å²) in [6, 6.07) is 13.9. The minimum absolute atomic E-state index is 0.121. The number of carbonyl (C=O) groups is 1. The van der Waals surface area contributed by atoms with Crippen molar-refractivity contribution >= 4 is 28.8 Å². The number of benzene rings is 2. The van der Waals surface area contributed by atoms with E-state index in [1.165, 1.54) is 11.3 Å². The van der Waals surface area contributed by atoms with Gasteiger partial charge in [-0.1, -0.05) is 36.7 Å². The molecule has 1 amide bonds. The van der Waals surface area contributed by atoms with E-state index in [9.17, 15) is 4.79 Å². The summed E-state index contributed by atoms with van der Waals surface area (Å²) in [6.07, 6.45) is 0.896. The van der Waals surface area contributed by atoms with E-state index in [4.69, 9.17) is 21.1 Å². The van der Waals surface area contributed by atoms with E-state index in [0.29, 0.717) is 30.4 Å². The topological polar surface area (TPSA) is 63.7 Å². The van der Waals surface area contributed by atoms with Crippen molar-refractivity contribution < 1.29 is 14.3 Å². The maximum absolute atomic E-state index is 12.2. The molecule has 0 aliphatic carbocycles. The Hall–Kier alpha value is -2.61. The van der Waals surface area contributed by atoms with E-state index in [2.05, 4.69) is 15.2 Å². The number of aromatic nitrogens is 1. The van der Waals surface area contributed by atoms with E-state index in [1.54, 1.807) is 0 Å². The van der Waals surface area contributed by atoms with Crippen LogP contribution in [0.4, 0.5) is 0 Å². The predicted molar refractivity (Wildman–Crippen MR) is 122 cm³/mol. The van der Waals surface area contributed by atoms with Gasteiger partial charge in [0.2, 0.25) is 6.79 Å². The van der Waals surface area contributed by atoms with E-state index < -0.39 is 0 Å². The van der Waals surface area contributed by atoms with Gasteiger partial charge in [-0.25, -0.2) is 4.98 Å². The fourth-order valence-electron chi connectivity index (χ4n) is 3.32. The molecule has 6 nitrogen and oxygen atoms in total. The molecule has 4 rings (SSSR count). The van der Waals surface area contributed by atoms with Crippen LogP contribution < -0.4 is 14.8 Å². The highest BCUT2D eigenvalue weighted by Gasteiger charge is 2.17. The first-order valence-corrected chi connectivity index (χ1v) is 11.4. The van der Waals surface area contributed by atoms with Crippen molar-refractivity contribution in [3.05, 3.63) is 74.7 Å². The molecule has 0 unspecified atom stereocenters. The average Bonchev–Trinajstić information content (AvgIpc) is 3.43. The molecule has 162 valence electrons. The zero-order valence-corrected chi connectivity index (χ0v) is 18.8. The molecule has 2 heterocycles. The van der Waals surface area contributed by atoms with Crippen LogP contribution in [0.25, 0.3) is 0 Å². The molecule has 0 fully saturated rings. The number of thiazole rings is 1. The zero-order chi connectivity index (χ0) is 21.6. The largest absolute Gasteiger partial charge is 0.454 e. The number of hydrogen-bond donors (Lipinski definition) is 1. The van der Waals surface area contributed by atoms with Gasteiger partial charge in [-0.15, -0.1) is 11.3 Å². The number of rotatable bonds is 9. The SMILES string of the molecule is CCCNC(=O)c1csc(CN(Cc2ccc(Cl)cc2)Cc2ccc3c(c2)OCO3)n1. The van der Waals surface area contributed by atoms with E-state index in [-0.39, 0.29) is 12.7 Å². The van der Waals surface area contributed by atoms with Gasteiger partial charge in [-0.2, -0.15) is 0 Å². The molecule has 1 aliphatic rings. The standard InChI is InChI=1S/C23H24ClN3O3S/c1-2-9-25-23(28)19-14-31-22(26-19)13-27(11-16-3-6-18(24)7-4-16)12-17-5-8-20-21(10-17)30-15-29-20/h3-8,10,14H,2,9,11-13,15H2,1H3,(H,25,28). The van der Waals surface area contributed by atoms with Crippen LogP contribution in [0.3, 0.4) is 0 Å². The van der Waals surface area contributed by atoms with Crippen LogP contribution in [-0.2, 0) is 19.6 Å². The van der Waals surface area contributed by atoms with Crippen LogP contribution in [0, 0.1) is 0 Å². The summed E-state index contributed by atoms with van der Waals surface area (Å²) in [6.45, 7) is 4.99. The number of ether oxygens (including phenoxy) is 2. The zero-order valence-electron chi connectivity index (χ0n) is 17.3. The summed E-state index contributed by atoms with van der Waals surface area (Å²) < 4.78 is 10.9. The fourth-order valence-corrected chi connectivity index (χ4v) is 4.26. The third kappa shape index (κ3) is 5.76. The molecule has 1 aliphatic heterocycles. The molecule has 0 atom stereocenters. The molecule has 0 saturated heterocycles. The molecule has 0 saturated carbocycles. The number of halogens is 1. The van der Waals surface area contributed by atoms with Crippen LogP contribution >= 0.6 is 22.9 Å². The van der Waals surface area contributed by atoms with Crippen molar-refractivity contribution in [2.75, 3.05) is 13.3 Å². The molecule has 1 N–H and O–H groups in total. The Morgan fingerprint density at radius 1 is 1.10 bits per heavy atom. The van der Waals surface area contributed by atoms with Gasteiger partial charge in [0.1, 0.15) is 10.7 Å². The second-order valence-electron chi connectivity index (χ2n) is 7.34. The normalized spacial score (nSPS) is 12.4. The summed E-state index contributed by atoms with van der Waals surface area (Å²) in [5.74, 6) is 1.42. The lowest BCUT2D eigenvalue weighted by Gasteiger charge is -2.22. The van der Waals surface area contributed by atoms with Crippen molar-refractivity contribution in [2.24, 2.45) is 0 Å². The van der Waals surface area contributed by atoms with E-state index in [1.807, 2.05) is 54.8 Å². The minimum atomic E-state index is -0.121. The van der Waals surface area contributed by atoms with Crippen molar-refractivity contribution in [3.63, 3.8) is 0 Å². The van der Waals surface area contributed by atoms with Crippen LogP contribution in [0.15, 0.2) is 47.8 Å². The Morgan fingerprint density at radius 2 is 1.84 bits per heavy atom. The van der Waals surface area contributed by atoms with E-state index in [0.717, 1.165) is 40.6 Å². The molecule has 0 radical (unpaired) electrons. The van der Waals surface area contributed by atoms with Crippen molar-refractivity contribution in [2.45, 2.75) is 33.0 Å². The first-order valence-electron chi connectivity index (χ1n) is 10.2. The smallest absolute Gasteiger partial charge is 0.270 e. The van der Waals surface area contributed by atoms with Crippen LogP contribution in [0.5, 0.6) is 11.5 Å². The lowest BCUT2D eigenvalue weighted by Crippen LogP contribution is -2.25. The molecular weight excluding hydrogens is 434 g/mol. The summed E-state index contributed by atoms with van der Waals surface area (Å²) in [7, 11) is 0. The molecule has 2 aromatic carbocycles. The molecular formula is C23H24ClN3O3S. The molecule has 0 bridgehead atoms. The second-order valence-corrected chi connectivity index (χ2v) is 8.72. The Kier molecular flexibility index (Phi) is 7.06. The Bertz CT molecular complexity index is 1040. The number of nitrogens with one attached hydrogen (secondary N) is 1. The lowest BCUT2D eigenvalue weighted by molar-refractivity contribution is 0.0949. The highest BCUT2D eigenvalue weighted by molar-refractivity contribution is 7.09. The van der Waals surface area contributed by atoms with Gasteiger partial charge < -0.3 is 14.8 Å². The Balaban J connectivity index is 1.50. The monoisotopic (exact) mass is 457 g/mol. The average molecular weight is 458 g/mol. The number of amides is 1. The van der Waals surface area contributed by atoms with Gasteiger partial charge >= 0.3 is 0 Å². The van der Waals surface area contributed by atoms with Crippen LogP contribution in [0.1, 0.15) is 40.0 Å². The summed E-state index contributed by atoms with van der Waals surface area (Å²) >= 11 is 7.55. The minimum Gasteiger partial charge on any atom is -0.454 e. The van der Waals surface area contributed by atoms with Gasteiger partial charge in [0, 0.05) is 30.0 Å². The molecule has 3 aromatic rings. The van der Waals surface area contributed by atoms with Crippen molar-refractivity contribution in [1.29, 1.82) is 0 Å². The molecule has 31 heavy (non-hydrogen) atoms. The number of nitrogens with zero attached hydrogens (tertiary/aromatic N) is 2. The Morgan fingerprint density at radius 3 is 2.65 bits per heavy atom. The summed E-state index contributed by atoms with van der Waals surface area (Å²) in [4.78, 5) is 19.0. The summed E-state index contributed by atoms with van der Waals surface area (Å²) in [5.41, 5.74) is 2.75. The third-order valence-electron chi connectivity index (χ3n) is 4.84. The number of hydrogen-bond acceptors (Lipinski definition) is 6. The maximum Gasteiger partial charge on any atom is 0.270 e. The first-order chi connectivity index (χ1) is 15.1. The maximum atomic E-state index is 12.2. The third-order valence-corrected chi connectivity index (χ3v) is 5.93. The summed E-state index contributed by atoms with van der Waals surface area (Å²) in [5, 5.41) is 6.31. The molecule has 0 spiro atoms. The molecule has 8 heteroatoms.